The number of anilines is 2. The molecular formula is C23H20N2O5. The van der Waals surface area contributed by atoms with Gasteiger partial charge in [-0.15, -0.1) is 0 Å². The van der Waals surface area contributed by atoms with Gasteiger partial charge in [0.05, 0.1) is 23.1 Å². The van der Waals surface area contributed by atoms with Gasteiger partial charge in [-0.2, -0.15) is 0 Å². The van der Waals surface area contributed by atoms with E-state index >= 15 is 0 Å². The Morgan fingerprint density at radius 2 is 1.53 bits per heavy atom. The summed E-state index contributed by atoms with van der Waals surface area (Å²) in [6.45, 7) is 0. The normalized spacial score (nSPS) is 26.7. The first-order chi connectivity index (χ1) is 14.4. The molecule has 2 N–H and O–H groups in total. The fourth-order valence-electron chi connectivity index (χ4n) is 5.38. The van der Waals surface area contributed by atoms with E-state index in [1.165, 1.54) is 23.1 Å². The van der Waals surface area contributed by atoms with Gasteiger partial charge in [-0.3, -0.25) is 19.3 Å². The maximum Gasteiger partial charge on any atom is 0.335 e. The van der Waals surface area contributed by atoms with Crippen molar-refractivity contribution in [2.45, 2.75) is 19.3 Å². The van der Waals surface area contributed by atoms with Crippen LogP contribution in [0.3, 0.4) is 0 Å². The van der Waals surface area contributed by atoms with Crippen molar-refractivity contribution < 1.29 is 24.3 Å². The number of nitrogens with zero attached hydrogens (tertiary/aromatic N) is 1. The van der Waals surface area contributed by atoms with Crippen molar-refractivity contribution in [3.8, 4) is 0 Å². The molecule has 5 rings (SSSR count). The highest BCUT2D eigenvalue weighted by molar-refractivity contribution is 6.23. The predicted octanol–water partition coefficient (Wildman–Crippen LogP) is 3.17. The van der Waals surface area contributed by atoms with Crippen LogP contribution in [0.15, 0.2) is 48.5 Å². The Morgan fingerprint density at radius 3 is 2.20 bits per heavy atom. The van der Waals surface area contributed by atoms with Crippen LogP contribution >= 0.6 is 0 Å². The molecule has 3 aliphatic rings. The maximum atomic E-state index is 13.0. The van der Waals surface area contributed by atoms with Crippen LogP contribution < -0.4 is 10.2 Å². The average molecular weight is 404 g/mol. The third-order valence-corrected chi connectivity index (χ3v) is 6.66. The number of carboxylic acid groups (broad SMARTS) is 1. The van der Waals surface area contributed by atoms with E-state index in [1.54, 1.807) is 30.3 Å². The van der Waals surface area contributed by atoms with Gasteiger partial charge in [-0.05, 0) is 67.5 Å². The maximum absolute atomic E-state index is 13.0. The lowest BCUT2D eigenvalue weighted by Gasteiger charge is -2.19. The number of carboxylic acids is 1. The largest absolute Gasteiger partial charge is 0.478 e. The molecule has 30 heavy (non-hydrogen) atoms. The van der Waals surface area contributed by atoms with Gasteiger partial charge in [-0.1, -0.05) is 12.1 Å². The summed E-state index contributed by atoms with van der Waals surface area (Å²) in [4.78, 5) is 51.1. The van der Waals surface area contributed by atoms with Crippen molar-refractivity contribution in [1.29, 1.82) is 0 Å². The molecule has 2 aromatic carbocycles. The van der Waals surface area contributed by atoms with Gasteiger partial charge in [0.1, 0.15) is 0 Å². The number of amides is 3. The standard InChI is InChI=1S/C23H20N2O5/c26-20(24-16-5-1-4-15(10-16)23(29)30)14-3-2-6-17(11-14)25-21(27)18-12-7-8-13(9-12)19(18)22(25)28/h1-6,10-13,18-19H,7-9H2,(H,24,26)(H,29,30)/t12-,13-,18-,19-/m0/s1. The smallest absolute Gasteiger partial charge is 0.335 e. The minimum absolute atomic E-state index is 0.0657. The van der Waals surface area contributed by atoms with Crippen molar-refractivity contribution in [1.82, 2.24) is 0 Å². The first-order valence-corrected chi connectivity index (χ1v) is 10.1. The number of fused-ring (bicyclic) bond motifs is 5. The van der Waals surface area contributed by atoms with E-state index in [0.29, 0.717) is 23.2 Å². The summed E-state index contributed by atoms with van der Waals surface area (Å²) in [5.41, 5.74) is 1.11. The molecular weight excluding hydrogens is 384 g/mol. The van der Waals surface area contributed by atoms with E-state index in [4.69, 9.17) is 5.11 Å². The quantitative estimate of drug-likeness (QED) is 0.762. The third-order valence-electron chi connectivity index (χ3n) is 6.66. The second-order valence-corrected chi connectivity index (χ2v) is 8.29. The van der Waals surface area contributed by atoms with Crippen LogP contribution in [-0.2, 0) is 9.59 Å². The first-order valence-electron chi connectivity index (χ1n) is 10.1. The molecule has 4 atom stereocenters. The zero-order valence-corrected chi connectivity index (χ0v) is 16.1. The molecule has 1 aliphatic heterocycles. The predicted molar refractivity (Wildman–Crippen MR) is 108 cm³/mol. The average Bonchev–Trinajstić information content (AvgIpc) is 3.42. The molecule has 0 radical (unpaired) electrons. The van der Waals surface area contributed by atoms with Gasteiger partial charge in [-0.25, -0.2) is 4.79 Å². The van der Waals surface area contributed by atoms with Crippen LogP contribution in [0.5, 0.6) is 0 Å². The number of carbonyl (C=O) groups is 4. The molecule has 2 saturated carbocycles. The molecule has 1 saturated heterocycles. The van der Waals surface area contributed by atoms with E-state index in [0.717, 1.165) is 19.3 Å². The lowest BCUT2D eigenvalue weighted by molar-refractivity contribution is -0.123. The fraction of sp³-hybridized carbons (Fsp3) is 0.304. The van der Waals surface area contributed by atoms with Gasteiger partial charge in [0.2, 0.25) is 11.8 Å². The van der Waals surface area contributed by atoms with E-state index in [1.807, 2.05) is 0 Å². The summed E-state index contributed by atoms with van der Waals surface area (Å²) in [5, 5.41) is 11.8. The molecule has 2 bridgehead atoms. The SMILES string of the molecule is O=C(O)c1cccc(NC(=O)c2cccc(N3C(=O)[C@H]4[C@H]5CC[C@@H](C5)[C@@H]4C3=O)c2)c1. The van der Waals surface area contributed by atoms with E-state index in [2.05, 4.69) is 5.32 Å². The van der Waals surface area contributed by atoms with Crippen molar-refractivity contribution in [2.75, 3.05) is 10.2 Å². The summed E-state index contributed by atoms with van der Waals surface area (Å²) >= 11 is 0. The molecule has 0 spiro atoms. The molecule has 2 aromatic rings. The van der Waals surface area contributed by atoms with Gasteiger partial charge in [0, 0.05) is 11.3 Å². The number of aromatic carboxylic acids is 1. The first kappa shape index (κ1) is 18.5. The highest BCUT2D eigenvalue weighted by Gasteiger charge is 2.61. The second-order valence-electron chi connectivity index (χ2n) is 8.29. The summed E-state index contributed by atoms with van der Waals surface area (Å²) < 4.78 is 0. The zero-order chi connectivity index (χ0) is 21.0. The lowest BCUT2D eigenvalue weighted by Crippen LogP contribution is -2.33. The zero-order valence-electron chi connectivity index (χ0n) is 16.1. The number of imide groups is 1. The molecule has 7 heteroatoms. The van der Waals surface area contributed by atoms with Crippen LogP contribution in [0, 0.1) is 23.7 Å². The number of hydrogen-bond acceptors (Lipinski definition) is 4. The van der Waals surface area contributed by atoms with Gasteiger partial charge >= 0.3 is 5.97 Å². The Morgan fingerprint density at radius 1 is 0.900 bits per heavy atom. The van der Waals surface area contributed by atoms with Gasteiger partial charge < -0.3 is 10.4 Å². The molecule has 3 amide bonds. The van der Waals surface area contributed by atoms with Crippen LogP contribution in [0.1, 0.15) is 40.0 Å². The summed E-state index contributed by atoms with van der Waals surface area (Å²) in [5.74, 6) is -1.66. The van der Waals surface area contributed by atoms with Crippen molar-refractivity contribution in [2.24, 2.45) is 23.7 Å². The lowest BCUT2D eigenvalue weighted by atomic mass is 9.81. The van der Waals surface area contributed by atoms with Gasteiger partial charge in [0.15, 0.2) is 0 Å². The van der Waals surface area contributed by atoms with E-state index in [-0.39, 0.29) is 34.8 Å². The number of nitrogens with one attached hydrogen (secondary N) is 1. The molecule has 0 unspecified atom stereocenters. The van der Waals surface area contributed by atoms with Crippen LogP contribution in [0.25, 0.3) is 0 Å². The van der Waals surface area contributed by atoms with Crippen LogP contribution in [0.2, 0.25) is 0 Å². The number of hydrogen-bond donors (Lipinski definition) is 2. The Labute approximate surface area is 172 Å². The number of carbonyl (C=O) groups excluding carboxylic acids is 3. The Hall–Kier alpha value is -3.48. The van der Waals surface area contributed by atoms with Crippen molar-refractivity contribution in [3.63, 3.8) is 0 Å². The van der Waals surface area contributed by atoms with Crippen molar-refractivity contribution in [3.05, 3.63) is 59.7 Å². The Balaban J connectivity index is 1.39. The number of benzene rings is 2. The van der Waals surface area contributed by atoms with E-state index in [9.17, 15) is 19.2 Å². The molecule has 152 valence electrons. The Kier molecular flexibility index (Phi) is 4.20. The third kappa shape index (κ3) is 2.81. The van der Waals surface area contributed by atoms with E-state index < -0.39 is 11.9 Å². The molecule has 1 heterocycles. The highest BCUT2D eigenvalue weighted by atomic mass is 16.4. The molecule has 0 aromatic heterocycles. The highest BCUT2D eigenvalue weighted by Crippen LogP contribution is 2.56. The Bertz CT molecular complexity index is 1070. The molecule has 7 nitrogen and oxygen atoms in total. The minimum atomic E-state index is -1.08. The minimum Gasteiger partial charge on any atom is -0.478 e. The fourth-order valence-corrected chi connectivity index (χ4v) is 5.38. The summed E-state index contributed by atoms with van der Waals surface area (Å²) in [6, 6.07) is 12.4. The topological polar surface area (TPSA) is 104 Å². The summed E-state index contributed by atoms with van der Waals surface area (Å²) in [6.07, 6.45) is 2.99. The molecule has 2 aliphatic carbocycles. The van der Waals surface area contributed by atoms with Crippen LogP contribution in [0.4, 0.5) is 11.4 Å². The van der Waals surface area contributed by atoms with Gasteiger partial charge in [0.25, 0.3) is 5.91 Å². The molecule has 3 fully saturated rings. The second kappa shape index (κ2) is 6.79. The van der Waals surface area contributed by atoms with Crippen molar-refractivity contribution >= 4 is 35.1 Å². The van der Waals surface area contributed by atoms with Crippen LogP contribution in [-0.4, -0.2) is 28.8 Å². The number of rotatable bonds is 4. The monoisotopic (exact) mass is 404 g/mol. The summed E-state index contributed by atoms with van der Waals surface area (Å²) in [7, 11) is 0.